The average molecular weight is 419 g/mol. The maximum atomic E-state index is 12.1. The fourth-order valence-electron chi connectivity index (χ4n) is 2.79. The van der Waals surface area contributed by atoms with Crippen LogP contribution < -0.4 is 15.8 Å². The molecule has 1 aromatic carbocycles. The van der Waals surface area contributed by atoms with Crippen molar-refractivity contribution in [2.24, 2.45) is 5.73 Å². The molecular weight excluding hydrogens is 384 g/mol. The van der Waals surface area contributed by atoms with Crippen LogP contribution in [0, 0.1) is 0 Å². The lowest BCUT2D eigenvalue weighted by atomic mass is 10.1. The molecule has 3 N–H and O–H groups in total. The summed E-state index contributed by atoms with van der Waals surface area (Å²) < 4.78 is 9.66. The van der Waals surface area contributed by atoms with E-state index in [0.717, 1.165) is 18.4 Å². The lowest BCUT2D eigenvalue weighted by Crippen LogP contribution is -2.42. The smallest absolute Gasteiger partial charge is 0.339 e. The minimum Gasteiger partial charge on any atom is -0.469 e. The van der Waals surface area contributed by atoms with Crippen LogP contribution in [-0.4, -0.2) is 37.5 Å². The van der Waals surface area contributed by atoms with Crippen molar-refractivity contribution in [3.8, 4) is 5.75 Å². The first kappa shape index (κ1) is 25.4. The van der Waals surface area contributed by atoms with Crippen LogP contribution in [0.5, 0.6) is 5.75 Å². The van der Waals surface area contributed by atoms with Gasteiger partial charge in [-0.3, -0.25) is 9.59 Å². The standard InChI is InChI=1S/C23H34N2O5/c1-4-5-6-7-8-9-14-25-22(27)20(24)16-18-10-12-19(13-11-18)30-23(28)17(2)15-21(26)29-3/h10-13,20H,2,4-9,14-16,24H2,1,3H3,(H,25,27). The lowest BCUT2D eigenvalue weighted by Gasteiger charge is -2.13. The molecule has 7 heteroatoms. The number of hydrogen-bond donors (Lipinski definition) is 2. The summed E-state index contributed by atoms with van der Waals surface area (Å²) in [5, 5.41) is 2.88. The van der Waals surface area contributed by atoms with E-state index in [0.29, 0.717) is 18.7 Å². The first-order valence-corrected chi connectivity index (χ1v) is 10.5. The van der Waals surface area contributed by atoms with Gasteiger partial charge in [0.1, 0.15) is 5.75 Å². The van der Waals surface area contributed by atoms with Crippen molar-refractivity contribution in [2.45, 2.75) is 64.3 Å². The Balaban J connectivity index is 2.37. The van der Waals surface area contributed by atoms with Gasteiger partial charge in [-0.2, -0.15) is 0 Å². The molecule has 0 aromatic heterocycles. The Hall–Kier alpha value is -2.67. The quantitative estimate of drug-likeness (QED) is 0.208. The van der Waals surface area contributed by atoms with Gasteiger partial charge in [-0.15, -0.1) is 0 Å². The summed E-state index contributed by atoms with van der Waals surface area (Å²) in [7, 11) is 1.24. The van der Waals surface area contributed by atoms with E-state index in [4.69, 9.17) is 10.5 Å². The molecule has 166 valence electrons. The highest BCUT2D eigenvalue weighted by Crippen LogP contribution is 2.15. The third-order valence-electron chi connectivity index (χ3n) is 4.63. The van der Waals surface area contributed by atoms with E-state index in [9.17, 15) is 14.4 Å². The highest BCUT2D eigenvalue weighted by Gasteiger charge is 2.16. The SMILES string of the molecule is C=C(CC(=O)OC)C(=O)Oc1ccc(CC(N)C(=O)NCCCCCCCC)cc1. The highest BCUT2D eigenvalue weighted by molar-refractivity contribution is 5.94. The molecular formula is C23H34N2O5. The minimum atomic E-state index is -0.695. The van der Waals surface area contributed by atoms with Gasteiger partial charge in [0, 0.05) is 12.1 Å². The van der Waals surface area contributed by atoms with Crippen LogP contribution in [0.25, 0.3) is 0 Å². The van der Waals surface area contributed by atoms with Crippen LogP contribution in [0.4, 0.5) is 0 Å². The fourth-order valence-corrected chi connectivity index (χ4v) is 2.79. The van der Waals surface area contributed by atoms with E-state index in [1.165, 1.54) is 32.8 Å². The number of carbonyl (C=O) groups excluding carboxylic acids is 3. The molecule has 7 nitrogen and oxygen atoms in total. The van der Waals surface area contributed by atoms with Crippen molar-refractivity contribution in [3.63, 3.8) is 0 Å². The maximum absolute atomic E-state index is 12.1. The summed E-state index contributed by atoms with van der Waals surface area (Å²) >= 11 is 0. The number of methoxy groups -OCH3 is 1. The summed E-state index contributed by atoms with van der Waals surface area (Å²) in [6, 6.07) is 6.07. The van der Waals surface area contributed by atoms with E-state index in [-0.39, 0.29) is 17.9 Å². The Morgan fingerprint density at radius 1 is 1.07 bits per heavy atom. The van der Waals surface area contributed by atoms with Crippen LogP contribution in [0.2, 0.25) is 0 Å². The second-order valence-electron chi connectivity index (χ2n) is 7.26. The summed E-state index contributed by atoms with van der Waals surface area (Å²) in [6.07, 6.45) is 7.15. The van der Waals surface area contributed by atoms with Gasteiger partial charge in [-0.1, -0.05) is 57.7 Å². The Morgan fingerprint density at radius 2 is 1.70 bits per heavy atom. The minimum absolute atomic E-state index is 0.00924. The van der Waals surface area contributed by atoms with Crippen molar-refractivity contribution < 1.29 is 23.9 Å². The number of benzene rings is 1. The van der Waals surface area contributed by atoms with Crippen molar-refractivity contribution >= 4 is 17.8 Å². The van der Waals surface area contributed by atoms with Crippen molar-refractivity contribution in [1.82, 2.24) is 5.32 Å². The second kappa shape index (κ2) is 14.3. The van der Waals surface area contributed by atoms with Crippen molar-refractivity contribution in [3.05, 3.63) is 42.0 Å². The van der Waals surface area contributed by atoms with Crippen LogP contribution in [0.3, 0.4) is 0 Å². The summed E-state index contributed by atoms with van der Waals surface area (Å²) in [5.74, 6) is -1.11. The zero-order chi connectivity index (χ0) is 22.4. The van der Waals surface area contributed by atoms with Gasteiger partial charge in [-0.05, 0) is 30.5 Å². The second-order valence-corrected chi connectivity index (χ2v) is 7.26. The van der Waals surface area contributed by atoms with Crippen molar-refractivity contribution in [1.29, 1.82) is 0 Å². The number of amides is 1. The van der Waals surface area contributed by atoms with Gasteiger partial charge >= 0.3 is 11.9 Å². The Kier molecular flexibility index (Phi) is 12.1. The van der Waals surface area contributed by atoms with Gasteiger partial charge in [-0.25, -0.2) is 4.79 Å². The molecule has 0 aliphatic carbocycles. The molecule has 0 fully saturated rings. The van der Waals surface area contributed by atoms with Gasteiger partial charge < -0.3 is 20.5 Å². The Morgan fingerprint density at radius 3 is 2.33 bits per heavy atom. The molecule has 0 saturated carbocycles. The summed E-state index contributed by atoms with van der Waals surface area (Å²) in [6.45, 7) is 6.36. The van der Waals surface area contributed by atoms with Gasteiger partial charge in [0.25, 0.3) is 0 Å². The van der Waals surface area contributed by atoms with E-state index in [1.807, 2.05) is 0 Å². The van der Waals surface area contributed by atoms with E-state index >= 15 is 0 Å². The number of ether oxygens (including phenoxy) is 2. The van der Waals surface area contributed by atoms with Crippen LogP contribution >= 0.6 is 0 Å². The molecule has 0 aliphatic rings. The lowest BCUT2D eigenvalue weighted by molar-refractivity contribution is -0.141. The van der Waals surface area contributed by atoms with Gasteiger partial charge in [0.05, 0.1) is 19.6 Å². The van der Waals surface area contributed by atoms with E-state index < -0.39 is 18.0 Å². The van der Waals surface area contributed by atoms with Gasteiger partial charge in [0.15, 0.2) is 0 Å². The largest absolute Gasteiger partial charge is 0.469 e. The molecule has 0 radical (unpaired) electrons. The molecule has 0 saturated heterocycles. The zero-order valence-electron chi connectivity index (χ0n) is 18.1. The number of nitrogens with one attached hydrogen (secondary N) is 1. The molecule has 1 rings (SSSR count). The number of unbranched alkanes of at least 4 members (excludes halogenated alkanes) is 5. The third kappa shape index (κ3) is 10.2. The van der Waals surface area contributed by atoms with E-state index in [1.54, 1.807) is 24.3 Å². The van der Waals surface area contributed by atoms with Gasteiger partial charge in [0.2, 0.25) is 5.91 Å². The molecule has 1 atom stereocenters. The number of carbonyl (C=O) groups is 3. The highest BCUT2D eigenvalue weighted by atomic mass is 16.5. The molecule has 1 unspecified atom stereocenters. The van der Waals surface area contributed by atoms with Crippen molar-refractivity contribution in [2.75, 3.05) is 13.7 Å². The maximum Gasteiger partial charge on any atom is 0.339 e. The Bertz CT molecular complexity index is 700. The molecule has 0 bridgehead atoms. The average Bonchev–Trinajstić information content (AvgIpc) is 2.73. The number of hydrogen-bond acceptors (Lipinski definition) is 6. The number of esters is 2. The summed E-state index contributed by atoms with van der Waals surface area (Å²) in [5.41, 5.74) is 6.86. The number of nitrogens with two attached hydrogens (primary N) is 1. The predicted molar refractivity (Wildman–Crippen MR) is 116 cm³/mol. The monoisotopic (exact) mass is 418 g/mol. The fraction of sp³-hybridized carbons (Fsp3) is 0.522. The summed E-state index contributed by atoms with van der Waals surface area (Å²) in [4.78, 5) is 35.2. The van der Waals surface area contributed by atoms with E-state index in [2.05, 4.69) is 23.6 Å². The molecule has 0 heterocycles. The van der Waals surface area contributed by atoms with Crippen LogP contribution in [-0.2, 0) is 25.5 Å². The molecule has 30 heavy (non-hydrogen) atoms. The first-order valence-electron chi connectivity index (χ1n) is 10.5. The van der Waals surface area contributed by atoms with Crippen LogP contribution in [0.1, 0.15) is 57.4 Å². The zero-order valence-corrected chi connectivity index (χ0v) is 18.1. The first-order chi connectivity index (χ1) is 14.4. The Labute approximate surface area is 179 Å². The molecule has 1 amide bonds. The third-order valence-corrected chi connectivity index (χ3v) is 4.63. The molecule has 0 aliphatic heterocycles. The topological polar surface area (TPSA) is 108 Å². The predicted octanol–water partition coefficient (Wildman–Crippen LogP) is 3.06. The molecule has 0 spiro atoms. The number of rotatable bonds is 14. The molecule has 1 aromatic rings. The normalized spacial score (nSPS) is 11.4. The van der Waals surface area contributed by atoms with Crippen LogP contribution in [0.15, 0.2) is 36.4 Å².